The fraction of sp³-hybridized carbons (Fsp3) is 0.727. The molecular formula is C11H16F3N3. The summed E-state index contributed by atoms with van der Waals surface area (Å²) >= 11 is 0. The summed E-state index contributed by atoms with van der Waals surface area (Å²) in [5, 5.41) is 3.13. The average molecular weight is 247 g/mol. The van der Waals surface area contributed by atoms with Crippen LogP contribution in [0.2, 0.25) is 0 Å². The van der Waals surface area contributed by atoms with Crippen molar-refractivity contribution < 1.29 is 13.2 Å². The van der Waals surface area contributed by atoms with Gasteiger partial charge in [0.15, 0.2) is 0 Å². The molecule has 1 aliphatic rings. The van der Waals surface area contributed by atoms with Gasteiger partial charge in [0.2, 0.25) is 0 Å². The molecule has 1 aromatic rings. The first-order valence-electron chi connectivity index (χ1n) is 5.84. The van der Waals surface area contributed by atoms with E-state index in [9.17, 15) is 13.2 Å². The Morgan fingerprint density at radius 1 is 1.41 bits per heavy atom. The Hall–Kier alpha value is -1.04. The molecule has 0 bridgehead atoms. The Labute approximate surface area is 97.8 Å². The largest absolute Gasteiger partial charge is 0.391 e. The lowest BCUT2D eigenvalue weighted by Gasteiger charge is -2.30. The van der Waals surface area contributed by atoms with Crippen LogP contribution in [-0.4, -0.2) is 22.2 Å². The zero-order valence-electron chi connectivity index (χ0n) is 9.43. The quantitative estimate of drug-likeness (QED) is 0.862. The van der Waals surface area contributed by atoms with E-state index in [1.807, 2.05) is 0 Å². The second kappa shape index (κ2) is 5.08. The van der Waals surface area contributed by atoms with E-state index in [-0.39, 0.29) is 18.9 Å². The molecule has 96 valence electrons. The molecule has 2 unspecified atom stereocenters. The van der Waals surface area contributed by atoms with Crippen molar-refractivity contribution in [2.75, 3.05) is 0 Å². The van der Waals surface area contributed by atoms with E-state index in [1.165, 1.54) is 0 Å². The Morgan fingerprint density at radius 2 is 2.24 bits per heavy atom. The van der Waals surface area contributed by atoms with Crippen LogP contribution < -0.4 is 5.32 Å². The molecule has 2 atom stereocenters. The molecule has 0 aromatic carbocycles. The van der Waals surface area contributed by atoms with Crippen molar-refractivity contribution >= 4 is 0 Å². The summed E-state index contributed by atoms with van der Waals surface area (Å²) < 4.78 is 37.7. The normalized spacial score (nSPS) is 26.1. The summed E-state index contributed by atoms with van der Waals surface area (Å²) in [6.07, 6.45) is 1.19. The summed E-state index contributed by atoms with van der Waals surface area (Å²) in [6, 6.07) is -0.0551. The third-order valence-electron chi connectivity index (χ3n) is 3.25. The highest BCUT2D eigenvalue weighted by atomic mass is 19.4. The Morgan fingerprint density at radius 3 is 2.88 bits per heavy atom. The fourth-order valence-electron chi connectivity index (χ4n) is 2.31. The van der Waals surface area contributed by atoms with Gasteiger partial charge in [0.1, 0.15) is 5.82 Å². The summed E-state index contributed by atoms with van der Waals surface area (Å²) in [5.41, 5.74) is 0. The minimum absolute atomic E-state index is 0.0551. The van der Waals surface area contributed by atoms with Gasteiger partial charge in [0, 0.05) is 18.4 Å². The van der Waals surface area contributed by atoms with Crippen molar-refractivity contribution in [3.05, 3.63) is 18.2 Å². The molecule has 2 N–H and O–H groups in total. The number of rotatable bonds is 3. The molecular weight excluding hydrogens is 231 g/mol. The number of aromatic amines is 1. The first-order chi connectivity index (χ1) is 8.05. The van der Waals surface area contributed by atoms with Crippen LogP contribution in [-0.2, 0) is 6.54 Å². The Kier molecular flexibility index (Phi) is 3.71. The first-order valence-corrected chi connectivity index (χ1v) is 5.84. The van der Waals surface area contributed by atoms with Crippen molar-refractivity contribution in [1.82, 2.24) is 15.3 Å². The molecule has 2 rings (SSSR count). The Bertz CT molecular complexity index is 334. The highest BCUT2D eigenvalue weighted by molar-refractivity contribution is 4.88. The average Bonchev–Trinajstić information content (AvgIpc) is 2.78. The number of alkyl halides is 3. The number of imidazole rings is 1. The van der Waals surface area contributed by atoms with Crippen LogP contribution in [0.15, 0.2) is 12.4 Å². The summed E-state index contributed by atoms with van der Waals surface area (Å²) in [5.74, 6) is -0.385. The standard InChI is InChI=1S/C11H16F3N3/c12-11(13,14)8-2-1-3-9(6-8)17-7-10-15-4-5-16-10/h4-5,8-9,17H,1-3,6-7H2,(H,15,16). The number of hydrogen-bond acceptors (Lipinski definition) is 2. The number of aromatic nitrogens is 2. The minimum atomic E-state index is -4.05. The Balaban J connectivity index is 1.81. The van der Waals surface area contributed by atoms with E-state index in [2.05, 4.69) is 15.3 Å². The van der Waals surface area contributed by atoms with Crippen LogP contribution in [0.25, 0.3) is 0 Å². The highest BCUT2D eigenvalue weighted by Gasteiger charge is 2.41. The maximum absolute atomic E-state index is 12.6. The topological polar surface area (TPSA) is 40.7 Å². The van der Waals surface area contributed by atoms with Crippen molar-refractivity contribution in [1.29, 1.82) is 0 Å². The summed E-state index contributed by atoms with van der Waals surface area (Å²) in [6.45, 7) is 0.502. The molecule has 1 aliphatic carbocycles. The van der Waals surface area contributed by atoms with Crippen LogP contribution >= 0.6 is 0 Å². The zero-order chi connectivity index (χ0) is 12.3. The van der Waals surface area contributed by atoms with Crippen molar-refractivity contribution in [2.45, 2.75) is 44.4 Å². The van der Waals surface area contributed by atoms with Gasteiger partial charge in [-0.1, -0.05) is 6.42 Å². The van der Waals surface area contributed by atoms with E-state index in [0.717, 1.165) is 12.2 Å². The summed E-state index contributed by atoms with van der Waals surface area (Å²) in [7, 11) is 0. The lowest BCUT2D eigenvalue weighted by atomic mass is 9.85. The number of nitrogens with one attached hydrogen (secondary N) is 2. The number of H-pyrrole nitrogens is 1. The van der Waals surface area contributed by atoms with E-state index >= 15 is 0 Å². The molecule has 1 aromatic heterocycles. The highest BCUT2D eigenvalue weighted by Crippen LogP contribution is 2.37. The molecule has 0 radical (unpaired) electrons. The lowest BCUT2D eigenvalue weighted by Crippen LogP contribution is -2.38. The molecule has 0 saturated heterocycles. The molecule has 1 fully saturated rings. The third kappa shape index (κ3) is 3.46. The van der Waals surface area contributed by atoms with Crippen LogP contribution in [0, 0.1) is 5.92 Å². The van der Waals surface area contributed by atoms with Gasteiger partial charge in [0.05, 0.1) is 12.5 Å². The van der Waals surface area contributed by atoms with Gasteiger partial charge in [-0.25, -0.2) is 4.98 Å². The number of halogens is 3. The number of hydrogen-bond donors (Lipinski definition) is 2. The lowest BCUT2D eigenvalue weighted by molar-refractivity contribution is -0.183. The predicted molar refractivity (Wildman–Crippen MR) is 57.2 cm³/mol. The summed E-state index contributed by atoms with van der Waals surface area (Å²) in [4.78, 5) is 6.95. The molecule has 0 aliphatic heterocycles. The van der Waals surface area contributed by atoms with Crippen LogP contribution in [0.4, 0.5) is 13.2 Å². The first kappa shape index (κ1) is 12.4. The smallest absolute Gasteiger partial charge is 0.348 e. The SMILES string of the molecule is FC(F)(F)C1CCCC(NCc2ncc[nH]2)C1. The zero-order valence-corrected chi connectivity index (χ0v) is 9.43. The van der Waals surface area contributed by atoms with Crippen LogP contribution in [0.3, 0.4) is 0 Å². The van der Waals surface area contributed by atoms with E-state index in [0.29, 0.717) is 13.0 Å². The minimum Gasteiger partial charge on any atom is -0.348 e. The molecule has 0 spiro atoms. The van der Waals surface area contributed by atoms with E-state index < -0.39 is 12.1 Å². The third-order valence-corrected chi connectivity index (χ3v) is 3.25. The van der Waals surface area contributed by atoms with Gasteiger partial charge < -0.3 is 10.3 Å². The predicted octanol–water partition coefficient (Wildman–Crippen LogP) is 2.62. The fourth-order valence-corrected chi connectivity index (χ4v) is 2.31. The molecule has 6 heteroatoms. The van der Waals surface area contributed by atoms with Crippen LogP contribution in [0.5, 0.6) is 0 Å². The molecule has 1 saturated carbocycles. The van der Waals surface area contributed by atoms with Gasteiger partial charge in [-0.05, 0) is 19.3 Å². The van der Waals surface area contributed by atoms with Crippen LogP contribution in [0.1, 0.15) is 31.5 Å². The molecule has 3 nitrogen and oxygen atoms in total. The van der Waals surface area contributed by atoms with Crippen molar-refractivity contribution in [3.8, 4) is 0 Å². The van der Waals surface area contributed by atoms with E-state index in [4.69, 9.17) is 0 Å². The van der Waals surface area contributed by atoms with Gasteiger partial charge in [-0.3, -0.25) is 0 Å². The van der Waals surface area contributed by atoms with E-state index in [1.54, 1.807) is 12.4 Å². The van der Waals surface area contributed by atoms with Gasteiger partial charge in [-0.2, -0.15) is 13.2 Å². The van der Waals surface area contributed by atoms with Crippen molar-refractivity contribution in [2.24, 2.45) is 5.92 Å². The van der Waals surface area contributed by atoms with Gasteiger partial charge >= 0.3 is 6.18 Å². The second-order valence-electron chi connectivity index (χ2n) is 4.52. The van der Waals surface area contributed by atoms with Crippen molar-refractivity contribution in [3.63, 3.8) is 0 Å². The molecule has 1 heterocycles. The van der Waals surface area contributed by atoms with Gasteiger partial charge in [-0.15, -0.1) is 0 Å². The van der Waals surface area contributed by atoms with Gasteiger partial charge in [0.25, 0.3) is 0 Å². The maximum Gasteiger partial charge on any atom is 0.391 e. The maximum atomic E-state index is 12.6. The number of nitrogens with zero attached hydrogens (tertiary/aromatic N) is 1. The second-order valence-corrected chi connectivity index (χ2v) is 4.52. The monoisotopic (exact) mass is 247 g/mol. The molecule has 0 amide bonds. The molecule has 17 heavy (non-hydrogen) atoms.